The fraction of sp³-hybridized carbons (Fsp3) is 0.357. The molecule has 2 rings (SSSR count). The highest BCUT2D eigenvalue weighted by Crippen LogP contribution is 2.35. The van der Waals surface area contributed by atoms with Gasteiger partial charge in [0.05, 0.1) is 6.07 Å². The maximum atomic E-state index is 12.8. The molecule has 4 nitrogen and oxygen atoms in total. The highest BCUT2D eigenvalue weighted by Gasteiger charge is 2.48. The van der Waals surface area contributed by atoms with E-state index in [1.165, 1.54) is 24.3 Å². The Hall–Kier alpha value is -2.22. The van der Waals surface area contributed by atoms with Crippen LogP contribution < -0.4 is 0 Å². The quantitative estimate of drug-likeness (QED) is 0.765. The first-order chi connectivity index (χ1) is 9.04. The molecule has 1 aliphatic rings. The lowest BCUT2D eigenvalue weighted by molar-refractivity contribution is -0.131. The van der Waals surface area contributed by atoms with Crippen molar-refractivity contribution in [2.75, 3.05) is 6.54 Å². The second kappa shape index (κ2) is 4.81. The Bertz CT molecular complexity index is 562. The molecule has 5 heteroatoms. The molecule has 0 radical (unpaired) electrons. The third-order valence-electron chi connectivity index (χ3n) is 3.57. The fourth-order valence-corrected chi connectivity index (χ4v) is 2.22. The molecule has 1 saturated heterocycles. The maximum Gasteiger partial charge on any atom is 0.260 e. The summed E-state index contributed by atoms with van der Waals surface area (Å²) in [5.41, 5.74) is -0.838. The molecule has 1 aromatic rings. The van der Waals surface area contributed by atoms with Crippen LogP contribution in [0.25, 0.3) is 0 Å². The smallest absolute Gasteiger partial charge is 0.260 e. The monoisotopic (exact) mass is 260 g/mol. The van der Waals surface area contributed by atoms with Crippen molar-refractivity contribution in [1.29, 1.82) is 5.26 Å². The number of halogens is 1. The van der Waals surface area contributed by atoms with Gasteiger partial charge in [0.15, 0.2) is 0 Å². The van der Waals surface area contributed by atoms with Crippen LogP contribution in [0.5, 0.6) is 0 Å². The van der Waals surface area contributed by atoms with Gasteiger partial charge in [0.25, 0.3) is 5.91 Å². The lowest BCUT2D eigenvalue weighted by Crippen LogP contribution is -2.37. The van der Waals surface area contributed by atoms with Crippen LogP contribution in [0.15, 0.2) is 24.3 Å². The van der Waals surface area contributed by atoms with Crippen LogP contribution in [-0.4, -0.2) is 23.3 Å². The molecule has 0 aliphatic carbocycles. The number of hydrogen-bond acceptors (Lipinski definition) is 3. The molecule has 0 N–H and O–H groups in total. The third kappa shape index (κ3) is 2.10. The zero-order chi connectivity index (χ0) is 14.0. The zero-order valence-electron chi connectivity index (χ0n) is 10.5. The first kappa shape index (κ1) is 13.2. The second-order valence-electron chi connectivity index (χ2n) is 4.57. The molecule has 0 saturated carbocycles. The Morgan fingerprint density at radius 1 is 1.47 bits per heavy atom. The summed E-state index contributed by atoms with van der Waals surface area (Å²) in [5.74, 6) is -1.37. The van der Waals surface area contributed by atoms with Crippen molar-refractivity contribution in [3.8, 4) is 6.07 Å². The first-order valence-electron chi connectivity index (χ1n) is 6.07. The summed E-state index contributed by atoms with van der Waals surface area (Å²) < 4.78 is 12.8. The zero-order valence-corrected chi connectivity index (χ0v) is 10.5. The molecule has 0 bridgehead atoms. The van der Waals surface area contributed by atoms with Gasteiger partial charge in [0, 0.05) is 12.1 Å². The van der Waals surface area contributed by atoms with Gasteiger partial charge in [-0.15, -0.1) is 0 Å². The van der Waals surface area contributed by atoms with E-state index >= 15 is 0 Å². The average molecular weight is 260 g/mol. The molecule has 1 atom stereocenters. The van der Waals surface area contributed by atoms with Gasteiger partial charge in [0.2, 0.25) is 5.91 Å². The van der Waals surface area contributed by atoms with Gasteiger partial charge in [-0.2, -0.15) is 5.26 Å². The SMILES string of the molecule is CCC1(C#N)CCN(C(=O)c2ccc(F)cc2)C1=O. The number of imide groups is 1. The number of carbonyl (C=O) groups is 2. The van der Waals surface area contributed by atoms with Gasteiger partial charge in [-0.3, -0.25) is 14.5 Å². The molecule has 19 heavy (non-hydrogen) atoms. The van der Waals surface area contributed by atoms with E-state index in [0.29, 0.717) is 12.8 Å². The van der Waals surface area contributed by atoms with E-state index < -0.39 is 23.0 Å². The van der Waals surface area contributed by atoms with Gasteiger partial charge in [-0.1, -0.05) is 6.92 Å². The van der Waals surface area contributed by atoms with Crippen LogP contribution in [0, 0.1) is 22.6 Å². The normalized spacial score (nSPS) is 22.4. The molecule has 1 heterocycles. The topological polar surface area (TPSA) is 61.2 Å². The highest BCUT2D eigenvalue weighted by molar-refractivity contribution is 6.08. The molecule has 98 valence electrons. The molecule has 2 amide bonds. The van der Waals surface area contributed by atoms with Crippen LogP contribution in [0.3, 0.4) is 0 Å². The molecule has 0 aromatic heterocycles. The summed E-state index contributed by atoms with van der Waals surface area (Å²) in [6.45, 7) is 1.99. The summed E-state index contributed by atoms with van der Waals surface area (Å²) in [5, 5.41) is 9.14. The van der Waals surface area contributed by atoms with E-state index in [1.807, 2.05) is 6.07 Å². The second-order valence-corrected chi connectivity index (χ2v) is 4.57. The molecule has 1 aliphatic heterocycles. The van der Waals surface area contributed by atoms with Crippen LogP contribution in [-0.2, 0) is 4.79 Å². The summed E-state index contributed by atoms with van der Waals surface area (Å²) in [4.78, 5) is 25.4. The number of benzene rings is 1. The van der Waals surface area contributed by atoms with E-state index in [-0.39, 0.29) is 12.1 Å². The molecule has 1 aromatic carbocycles. The van der Waals surface area contributed by atoms with E-state index in [0.717, 1.165) is 4.90 Å². The standard InChI is InChI=1S/C14H13FN2O2/c1-2-14(9-16)7-8-17(13(14)19)12(18)10-3-5-11(15)6-4-10/h3-6H,2,7-8H2,1H3. The minimum absolute atomic E-state index is 0.233. The Kier molecular flexibility index (Phi) is 3.34. The van der Waals surface area contributed by atoms with E-state index in [9.17, 15) is 14.0 Å². The minimum Gasteiger partial charge on any atom is -0.277 e. The molecule has 1 unspecified atom stereocenters. The Morgan fingerprint density at radius 2 is 2.11 bits per heavy atom. The van der Waals surface area contributed by atoms with Crippen molar-refractivity contribution >= 4 is 11.8 Å². The van der Waals surface area contributed by atoms with Crippen LogP contribution in [0.1, 0.15) is 30.1 Å². The number of carbonyl (C=O) groups excluding carboxylic acids is 2. The minimum atomic E-state index is -1.09. The predicted octanol–water partition coefficient (Wildman–Crippen LogP) is 2.12. The molecular formula is C14H13FN2O2. The first-order valence-corrected chi connectivity index (χ1v) is 6.07. The summed E-state index contributed by atoms with van der Waals surface area (Å²) >= 11 is 0. The molecule has 1 fully saturated rings. The number of amides is 2. The Balaban J connectivity index is 2.25. The van der Waals surface area contributed by atoms with Crippen molar-refractivity contribution in [1.82, 2.24) is 4.90 Å². The largest absolute Gasteiger partial charge is 0.277 e. The number of likely N-dealkylation sites (tertiary alicyclic amines) is 1. The molecule has 0 spiro atoms. The van der Waals surface area contributed by atoms with E-state index in [2.05, 4.69) is 0 Å². The average Bonchev–Trinajstić information content (AvgIpc) is 2.76. The van der Waals surface area contributed by atoms with Crippen molar-refractivity contribution < 1.29 is 14.0 Å². The number of rotatable bonds is 2. The van der Waals surface area contributed by atoms with Gasteiger partial charge in [-0.25, -0.2) is 4.39 Å². The summed E-state index contributed by atoms with van der Waals surface area (Å²) in [6, 6.07) is 7.04. The number of nitrogens with zero attached hydrogens (tertiary/aromatic N) is 2. The van der Waals surface area contributed by atoms with Gasteiger partial charge < -0.3 is 0 Å². The van der Waals surface area contributed by atoms with Gasteiger partial charge >= 0.3 is 0 Å². The van der Waals surface area contributed by atoms with E-state index in [1.54, 1.807) is 6.92 Å². The summed E-state index contributed by atoms with van der Waals surface area (Å²) in [6.07, 6.45) is 0.737. The van der Waals surface area contributed by atoms with E-state index in [4.69, 9.17) is 5.26 Å². The van der Waals surface area contributed by atoms with Crippen LogP contribution >= 0.6 is 0 Å². The van der Waals surface area contributed by atoms with Crippen LogP contribution in [0.2, 0.25) is 0 Å². The van der Waals surface area contributed by atoms with Crippen molar-refractivity contribution in [3.05, 3.63) is 35.6 Å². The van der Waals surface area contributed by atoms with Crippen molar-refractivity contribution in [2.24, 2.45) is 5.41 Å². The Morgan fingerprint density at radius 3 is 2.58 bits per heavy atom. The Labute approximate surface area is 110 Å². The van der Waals surface area contributed by atoms with Crippen molar-refractivity contribution in [2.45, 2.75) is 19.8 Å². The lowest BCUT2D eigenvalue weighted by Gasteiger charge is -2.18. The lowest BCUT2D eigenvalue weighted by atomic mass is 9.85. The number of nitriles is 1. The highest BCUT2D eigenvalue weighted by atomic mass is 19.1. The van der Waals surface area contributed by atoms with Crippen molar-refractivity contribution in [3.63, 3.8) is 0 Å². The third-order valence-corrected chi connectivity index (χ3v) is 3.57. The maximum absolute atomic E-state index is 12.8. The van der Waals surface area contributed by atoms with Crippen LogP contribution in [0.4, 0.5) is 4.39 Å². The van der Waals surface area contributed by atoms with Gasteiger partial charge in [0.1, 0.15) is 11.2 Å². The predicted molar refractivity (Wildman–Crippen MR) is 65.4 cm³/mol. The summed E-state index contributed by atoms with van der Waals surface area (Å²) in [7, 11) is 0. The van der Waals surface area contributed by atoms with Gasteiger partial charge in [-0.05, 0) is 37.1 Å². The molecular weight excluding hydrogens is 247 g/mol. The fourth-order valence-electron chi connectivity index (χ4n) is 2.22. The number of hydrogen-bond donors (Lipinski definition) is 0.